The number of hydrogen-bond donors (Lipinski definition) is 2. The first-order chi connectivity index (χ1) is 15.4. The summed E-state index contributed by atoms with van der Waals surface area (Å²) in [5, 5.41) is 2.93. The molecule has 4 rings (SSSR count). The standard InChI is InChI=1S/C23H22N4O4S/c1-17(18-4-8-20(9-5-18)27-13-12-24-16-27)26-23(28)19-6-10-22(11-7-19)32(29,30)25-15-21-3-2-14-31-21/h2-14,16-17,25H,15H2,1H3,(H,26,28)/t17-/m1/s1. The van der Waals surface area contributed by atoms with Crippen LogP contribution in [0, 0.1) is 0 Å². The Bertz CT molecular complexity index is 1270. The average Bonchev–Trinajstić information content (AvgIpc) is 3.52. The van der Waals surface area contributed by atoms with Crippen LogP contribution in [-0.4, -0.2) is 23.9 Å². The molecule has 0 unspecified atom stereocenters. The third-order valence-corrected chi connectivity index (χ3v) is 6.40. The molecular formula is C23H22N4O4S. The molecule has 0 spiro atoms. The van der Waals surface area contributed by atoms with Gasteiger partial charge in [-0.25, -0.2) is 18.1 Å². The molecule has 0 aliphatic heterocycles. The number of hydrogen-bond acceptors (Lipinski definition) is 5. The lowest BCUT2D eigenvalue weighted by molar-refractivity contribution is 0.0940. The fraction of sp³-hybridized carbons (Fsp3) is 0.130. The molecule has 0 fully saturated rings. The second kappa shape index (κ2) is 9.21. The molecule has 0 radical (unpaired) electrons. The molecule has 0 saturated heterocycles. The van der Waals surface area contributed by atoms with Crippen LogP contribution in [0.4, 0.5) is 0 Å². The fourth-order valence-electron chi connectivity index (χ4n) is 3.16. The predicted octanol–water partition coefficient (Wildman–Crippen LogP) is 3.43. The van der Waals surface area contributed by atoms with Crippen molar-refractivity contribution in [3.63, 3.8) is 0 Å². The van der Waals surface area contributed by atoms with Gasteiger partial charge in [0.2, 0.25) is 10.0 Å². The van der Waals surface area contributed by atoms with E-state index >= 15 is 0 Å². The number of amides is 1. The minimum atomic E-state index is -3.72. The highest BCUT2D eigenvalue weighted by molar-refractivity contribution is 7.89. The second-order valence-electron chi connectivity index (χ2n) is 7.18. The first-order valence-electron chi connectivity index (χ1n) is 9.94. The van der Waals surface area contributed by atoms with E-state index in [1.807, 2.05) is 42.0 Å². The van der Waals surface area contributed by atoms with Crippen LogP contribution in [0.1, 0.15) is 34.6 Å². The van der Waals surface area contributed by atoms with Gasteiger partial charge in [0.1, 0.15) is 5.76 Å². The van der Waals surface area contributed by atoms with Crippen LogP contribution in [0.25, 0.3) is 5.69 Å². The van der Waals surface area contributed by atoms with Gasteiger partial charge >= 0.3 is 0 Å². The van der Waals surface area contributed by atoms with Gasteiger partial charge in [-0.05, 0) is 61.0 Å². The number of benzene rings is 2. The lowest BCUT2D eigenvalue weighted by atomic mass is 10.1. The van der Waals surface area contributed by atoms with E-state index in [0.717, 1.165) is 11.3 Å². The molecule has 8 nitrogen and oxygen atoms in total. The average molecular weight is 451 g/mol. The molecule has 9 heteroatoms. The van der Waals surface area contributed by atoms with E-state index in [9.17, 15) is 13.2 Å². The highest BCUT2D eigenvalue weighted by Crippen LogP contribution is 2.17. The van der Waals surface area contributed by atoms with Crippen molar-refractivity contribution in [3.8, 4) is 5.69 Å². The van der Waals surface area contributed by atoms with Crippen molar-refractivity contribution >= 4 is 15.9 Å². The molecule has 0 aliphatic rings. The van der Waals surface area contributed by atoms with Crippen LogP contribution in [0.5, 0.6) is 0 Å². The molecule has 2 N–H and O–H groups in total. The maximum Gasteiger partial charge on any atom is 0.251 e. The number of sulfonamides is 1. The van der Waals surface area contributed by atoms with Gasteiger partial charge in [0.05, 0.1) is 30.1 Å². The van der Waals surface area contributed by atoms with Crippen LogP contribution in [0.2, 0.25) is 0 Å². The maximum absolute atomic E-state index is 12.6. The van der Waals surface area contributed by atoms with Crippen molar-refractivity contribution in [1.82, 2.24) is 19.6 Å². The number of imidazole rings is 1. The third-order valence-electron chi connectivity index (χ3n) is 4.99. The van der Waals surface area contributed by atoms with Crippen LogP contribution >= 0.6 is 0 Å². The lowest BCUT2D eigenvalue weighted by Gasteiger charge is -2.15. The van der Waals surface area contributed by atoms with Gasteiger partial charge in [0, 0.05) is 23.6 Å². The summed E-state index contributed by atoms with van der Waals surface area (Å²) in [7, 11) is -3.72. The fourth-order valence-corrected chi connectivity index (χ4v) is 4.15. The number of carbonyl (C=O) groups excluding carboxylic acids is 1. The van der Waals surface area contributed by atoms with E-state index < -0.39 is 10.0 Å². The summed E-state index contributed by atoms with van der Waals surface area (Å²) in [4.78, 5) is 16.7. The van der Waals surface area contributed by atoms with Crippen molar-refractivity contribution in [1.29, 1.82) is 0 Å². The number of nitrogens with zero attached hydrogens (tertiary/aromatic N) is 2. The van der Waals surface area contributed by atoms with E-state index in [2.05, 4.69) is 15.0 Å². The normalized spacial score (nSPS) is 12.4. The second-order valence-corrected chi connectivity index (χ2v) is 8.95. The molecule has 0 saturated carbocycles. The highest BCUT2D eigenvalue weighted by atomic mass is 32.2. The van der Waals surface area contributed by atoms with E-state index in [1.54, 1.807) is 24.7 Å². The molecular weight excluding hydrogens is 428 g/mol. The molecule has 2 aromatic heterocycles. The monoisotopic (exact) mass is 450 g/mol. The van der Waals surface area contributed by atoms with Gasteiger partial charge in [-0.1, -0.05) is 12.1 Å². The minimum Gasteiger partial charge on any atom is -0.468 e. The van der Waals surface area contributed by atoms with Gasteiger partial charge in [0.15, 0.2) is 0 Å². The zero-order valence-corrected chi connectivity index (χ0v) is 18.1. The van der Waals surface area contributed by atoms with Crippen molar-refractivity contribution in [2.45, 2.75) is 24.4 Å². The van der Waals surface area contributed by atoms with Crippen molar-refractivity contribution in [2.75, 3.05) is 0 Å². The Balaban J connectivity index is 1.38. The van der Waals surface area contributed by atoms with Gasteiger partial charge in [-0.15, -0.1) is 0 Å². The Kier molecular flexibility index (Phi) is 6.20. The summed E-state index contributed by atoms with van der Waals surface area (Å²) < 4.78 is 34.3. The summed E-state index contributed by atoms with van der Waals surface area (Å²) in [6.07, 6.45) is 6.77. The molecule has 0 aliphatic carbocycles. The van der Waals surface area contributed by atoms with E-state index in [1.165, 1.54) is 30.5 Å². The van der Waals surface area contributed by atoms with Crippen LogP contribution in [-0.2, 0) is 16.6 Å². The van der Waals surface area contributed by atoms with Crippen LogP contribution in [0.15, 0.2) is 95.0 Å². The molecule has 32 heavy (non-hydrogen) atoms. The number of nitrogens with one attached hydrogen (secondary N) is 2. The quantitative estimate of drug-likeness (QED) is 0.428. The number of aromatic nitrogens is 2. The van der Waals surface area contributed by atoms with Gasteiger partial charge < -0.3 is 14.3 Å². The summed E-state index contributed by atoms with van der Waals surface area (Å²) in [6.45, 7) is 1.94. The summed E-state index contributed by atoms with van der Waals surface area (Å²) in [5.41, 5.74) is 2.29. The summed E-state index contributed by atoms with van der Waals surface area (Å²) in [5.74, 6) is 0.222. The van der Waals surface area contributed by atoms with Crippen molar-refractivity contribution in [3.05, 3.63) is 103 Å². The van der Waals surface area contributed by atoms with Gasteiger partial charge in [0.25, 0.3) is 5.91 Å². The Hall–Kier alpha value is -3.69. The first-order valence-corrected chi connectivity index (χ1v) is 11.4. The zero-order valence-electron chi connectivity index (χ0n) is 17.3. The number of rotatable bonds is 8. The molecule has 1 amide bonds. The van der Waals surface area contributed by atoms with Gasteiger partial charge in [-0.2, -0.15) is 0 Å². The van der Waals surface area contributed by atoms with Crippen molar-refractivity contribution < 1.29 is 17.6 Å². The summed E-state index contributed by atoms with van der Waals surface area (Å²) >= 11 is 0. The van der Waals surface area contributed by atoms with E-state index in [-0.39, 0.29) is 23.4 Å². The molecule has 1 atom stereocenters. The SMILES string of the molecule is C[C@@H](NC(=O)c1ccc(S(=O)(=O)NCc2ccco2)cc1)c1ccc(-n2ccnc2)cc1. The molecule has 0 bridgehead atoms. The Labute approximate surface area is 186 Å². The van der Waals surface area contributed by atoms with Gasteiger partial charge in [-0.3, -0.25) is 4.79 Å². The zero-order chi connectivity index (χ0) is 22.6. The first kappa shape index (κ1) is 21.5. The van der Waals surface area contributed by atoms with E-state index in [0.29, 0.717) is 11.3 Å². The molecule has 4 aromatic rings. The topological polar surface area (TPSA) is 106 Å². The van der Waals surface area contributed by atoms with Crippen molar-refractivity contribution in [2.24, 2.45) is 0 Å². The highest BCUT2D eigenvalue weighted by Gasteiger charge is 2.16. The number of carbonyl (C=O) groups is 1. The Morgan fingerprint density at radius 1 is 1.09 bits per heavy atom. The third kappa shape index (κ3) is 4.96. The van der Waals surface area contributed by atoms with E-state index in [4.69, 9.17) is 4.42 Å². The Morgan fingerprint density at radius 3 is 2.47 bits per heavy atom. The Morgan fingerprint density at radius 2 is 1.84 bits per heavy atom. The largest absolute Gasteiger partial charge is 0.468 e. The number of furan rings is 1. The predicted molar refractivity (Wildman–Crippen MR) is 119 cm³/mol. The van der Waals surface area contributed by atoms with Crippen LogP contribution in [0.3, 0.4) is 0 Å². The summed E-state index contributed by atoms with van der Waals surface area (Å²) in [6, 6.07) is 16.7. The van der Waals surface area contributed by atoms with Crippen LogP contribution < -0.4 is 10.0 Å². The molecule has 2 heterocycles. The molecule has 2 aromatic carbocycles. The molecule has 164 valence electrons. The maximum atomic E-state index is 12.6. The smallest absolute Gasteiger partial charge is 0.251 e. The minimum absolute atomic E-state index is 0.0503. The lowest BCUT2D eigenvalue weighted by Crippen LogP contribution is -2.27.